The molecule has 1 aromatic carbocycles. The number of methoxy groups -OCH3 is 1. The molecule has 2 N–H and O–H groups in total. The molecule has 0 saturated heterocycles. The standard InChI is InChI=1S/C18H27F2N3O3/c1-13-8-9-15(26-17(19)20)14(11-13)12-23-18(21-2)22-10-6-4-5-7-16(24)25-3/h8-9,11,17H,4-7,10,12H2,1-3H3,(H2,21,22,23). The molecule has 0 aromatic heterocycles. The topological polar surface area (TPSA) is 72.0 Å². The minimum atomic E-state index is -2.86. The van der Waals surface area contributed by atoms with Crippen LogP contribution in [0.25, 0.3) is 0 Å². The van der Waals surface area contributed by atoms with E-state index >= 15 is 0 Å². The summed E-state index contributed by atoms with van der Waals surface area (Å²) in [7, 11) is 3.02. The fourth-order valence-corrected chi connectivity index (χ4v) is 2.34. The first-order valence-electron chi connectivity index (χ1n) is 8.52. The van der Waals surface area contributed by atoms with Crippen molar-refractivity contribution < 1.29 is 23.0 Å². The Balaban J connectivity index is 2.40. The molecule has 0 atom stereocenters. The molecule has 26 heavy (non-hydrogen) atoms. The van der Waals surface area contributed by atoms with Crippen LogP contribution in [0.5, 0.6) is 5.75 Å². The van der Waals surface area contributed by atoms with Crippen LogP contribution in [0.1, 0.15) is 36.8 Å². The van der Waals surface area contributed by atoms with Crippen molar-refractivity contribution in [1.82, 2.24) is 10.6 Å². The molecular formula is C18H27F2N3O3. The molecule has 0 bridgehead atoms. The summed E-state index contributed by atoms with van der Waals surface area (Å²) in [6, 6.07) is 5.06. The number of esters is 1. The molecule has 0 saturated carbocycles. The minimum Gasteiger partial charge on any atom is -0.469 e. The number of benzene rings is 1. The Morgan fingerprint density at radius 1 is 1.23 bits per heavy atom. The quantitative estimate of drug-likeness (QED) is 0.286. The summed E-state index contributed by atoms with van der Waals surface area (Å²) in [5.74, 6) is 0.522. The molecular weight excluding hydrogens is 344 g/mol. The maximum atomic E-state index is 12.5. The maximum absolute atomic E-state index is 12.5. The maximum Gasteiger partial charge on any atom is 0.387 e. The summed E-state index contributed by atoms with van der Waals surface area (Å²) in [5.41, 5.74) is 1.59. The predicted octanol–water partition coefficient (Wildman–Crippen LogP) is 2.99. The van der Waals surface area contributed by atoms with E-state index < -0.39 is 6.61 Å². The summed E-state index contributed by atoms with van der Waals surface area (Å²) in [6.07, 6.45) is 2.97. The third-order valence-corrected chi connectivity index (χ3v) is 3.68. The molecule has 0 aliphatic heterocycles. The van der Waals surface area contributed by atoms with Gasteiger partial charge in [0.15, 0.2) is 5.96 Å². The van der Waals surface area contributed by atoms with Gasteiger partial charge in [-0.15, -0.1) is 0 Å². The Hall–Kier alpha value is -2.38. The number of nitrogens with one attached hydrogen (secondary N) is 2. The summed E-state index contributed by atoms with van der Waals surface area (Å²) < 4.78 is 34.1. The zero-order valence-electron chi connectivity index (χ0n) is 15.5. The van der Waals surface area contributed by atoms with Crippen molar-refractivity contribution >= 4 is 11.9 Å². The number of alkyl halides is 2. The van der Waals surface area contributed by atoms with Gasteiger partial charge in [-0.25, -0.2) is 0 Å². The van der Waals surface area contributed by atoms with Gasteiger partial charge in [-0.1, -0.05) is 24.1 Å². The SMILES string of the molecule is CN=C(NCCCCCC(=O)OC)NCc1cc(C)ccc1OC(F)F. The van der Waals surface area contributed by atoms with Crippen LogP contribution in [0.15, 0.2) is 23.2 Å². The first kappa shape index (κ1) is 21.7. The molecule has 146 valence electrons. The number of halogens is 2. The minimum absolute atomic E-state index is 0.149. The third kappa shape index (κ3) is 8.64. The molecule has 0 spiro atoms. The average Bonchev–Trinajstić information content (AvgIpc) is 2.61. The second-order valence-corrected chi connectivity index (χ2v) is 5.73. The van der Waals surface area contributed by atoms with Crippen LogP contribution >= 0.6 is 0 Å². The third-order valence-electron chi connectivity index (χ3n) is 3.68. The van der Waals surface area contributed by atoms with Gasteiger partial charge in [0, 0.05) is 32.1 Å². The van der Waals surface area contributed by atoms with Crippen LogP contribution in [0, 0.1) is 6.92 Å². The molecule has 1 aromatic rings. The lowest BCUT2D eigenvalue weighted by Gasteiger charge is -2.15. The highest BCUT2D eigenvalue weighted by Crippen LogP contribution is 2.21. The fraction of sp³-hybridized carbons (Fsp3) is 0.556. The lowest BCUT2D eigenvalue weighted by molar-refractivity contribution is -0.140. The molecule has 6 nitrogen and oxygen atoms in total. The first-order valence-corrected chi connectivity index (χ1v) is 8.52. The van der Waals surface area contributed by atoms with E-state index in [2.05, 4.69) is 25.1 Å². The van der Waals surface area contributed by atoms with E-state index in [4.69, 9.17) is 0 Å². The number of hydrogen-bond acceptors (Lipinski definition) is 4. The number of carbonyl (C=O) groups excluding carboxylic acids is 1. The van der Waals surface area contributed by atoms with Crippen molar-refractivity contribution in [2.24, 2.45) is 4.99 Å². The van der Waals surface area contributed by atoms with Crippen LogP contribution in [0.2, 0.25) is 0 Å². The Bertz CT molecular complexity index is 595. The number of unbranched alkanes of at least 4 members (excludes halogenated alkanes) is 2. The lowest BCUT2D eigenvalue weighted by atomic mass is 10.1. The number of hydrogen-bond donors (Lipinski definition) is 2. The van der Waals surface area contributed by atoms with Crippen LogP contribution in [0.3, 0.4) is 0 Å². The monoisotopic (exact) mass is 371 g/mol. The number of rotatable bonds is 10. The van der Waals surface area contributed by atoms with Crippen molar-refractivity contribution in [3.8, 4) is 5.75 Å². The smallest absolute Gasteiger partial charge is 0.387 e. The van der Waals surface area contributed by atoms with Gasteiger partial charge in [0.25, 0.3) is 0 Å². The van der Waals surface area contributed by atoms with Gasteiger partial charge in [0.05, 0.1) is 7.11 Å². The van der Waals surface area contributed by atoms with Gasteiger partial charge in [0.2, 0.25) is 0 Å². The van der Waals surface area contributed by atoms with Gasteiger partial charge in [-0.2, -0.15) is 8.78 Å². The van der Waals surface area contributed by atoms with Crippen LogP contribution in [-0.4, -0.2) is 39.2 Å². The van der Waals surface area contributed by atoms with E-state index in [0.29, 0.717) is 31.0 Å². The van der Waals surface area contributed by atoms with Crippen molar-refractivity contribution in [3.63, 3.8) is 0 Å². The number of ether oxygens (including phenoxy) is 2. The van der Waals surface area contributed by atoms with E-state index in [1.807, 2.05) is 6.92 Å². The largest absolute Gasteiger partial charge is 0.469 e. The van der Waals surface area contributed by atoms with E-state index in [1.165, 1.54) is 13.2 Å². The molecule has 0 aliphatic rings. The highest BCUT2D eigenvalue weighted by atomic mass is 19.3. The van der Waals surface area contributed by atoms with Gasteiger partial charge < -0.3 is 20.1 Å². The van der Waals surface area contributed by atoms with Crippen molar-refractivity contribution in [2.75, 3.05) is 20.7 Å². The van der Waals surface area contributed by atoms with Crippen LogP contribution in [0.4, 0.5) is 8.78 Å². The zero-order chi connectivity index (χ0) is 19.4. The highest BCUT2D eigenvalue weighted by molar-refractivity contribution is 5.79. The van der Waals surface area contributed by atoms with Crippen molar-refractivity contribution in [3.05, 3.63) is 29.3 Å². The van der Waals surface area contributed by atoms with Gasteiger partial charge in [-0.05, 0) is 25.8 Å². The van der Waals surface area contributed by atoms with Gasteiger partial charge in [0.1, 0.15) is 5.75 Å². The second-order valence-electron chi connectivity index (χ2n) is 5.73. The second kappa shape index (κ2) is 12.1. The van der Waals surface area contributed by atoms with Gasteiger partial charge >= 0.3 is 12.6 Å². The molecule has 0 aliphatic carbocycles. The fourth-order valence-electron chi connectivity index (χ4n) is 2.34. The van der Waals surface area contributed by atoms with Crippen molar-refractivity contribution in [1.29, 1.82) is 0 Å². The van der Waals surface area contributed by atoms with Gasteiger partial charge in [-0.3, -0.25) is 9.79 Å². The normalized spacial score (nSPS) is 11.4. The molecule has 1 rings (SSSR count). The number of aryl methyl sites for hydroxylation is 1. The van der Waals surface area contributed by atoms with E-state index in [-0.39, 0.29) is 11.7 Å². The predicted molar refractivity (Wildman–Crippen MR) is 96.5 cm³/mol. The highest BCUT2D eigenvalue weighted by Gasteiger charge is 2.10. The zero-order valence-corrected chi connectivity index (χ0v) is 15.5. The summed E-state index contributed by atoms with van der Waals surface area (Å²) in [5, 5.41) is 6.24. The molecule has 0 radical (unpaired) electrons. The molecule has 0 amide bonds. The number of nitrogens with zero attached hydrogens (tertiary/aromatic N) is 1. The number of carbonyl (C=O) groups is 1. The Kier molecular flexibility index (Phi) is 10.0. The van der Waals surface area contributed by atoms with Crippen LogP contribution in [-0.2, 0) is 16.1 Å². The van der Waals surface area contributed by atoms with Crippen LogP contribution < -0.4 is 15.4 Å². The molecule has 0 fully saturated rings. The average molecular weight is 371 g/mol. The lowest BCUT2D eigenvalue weighted by Crippen LogP contribution is -2.37. The van der Waals surface area contributed by atoms with E-state index in [9.17, 15) is 13.6 Å². The summed E-state index contributed by atoms with van der Waals surface area (Å²) >= 11 is 0. The number of aliphatic imine (C=N–C) groups is 1. The molecule has 8 heteroatoms. The molecule has 0 heterocycles. The first-order chi connectivity index (χ1) is 12.5. The molecule has 0 unspecified atom stereocenters. The Morgan fingerprint density at radius 3 is 2.65 bits per heavy atom. The summed E-state index contributed by atoms with van der Waals surface area (Å²) in [6.45, 7) is 0.0246. The summed E-state index contributed by atoms with van der Waals surface area (Å²) in [4.78, 5) is 15.1. The Labute approximate surface area is 153 Å². The number of guanidine groups is 1. The van der Waals surface area contributed by atoms with E-state index in [1.54, 1.807) is 19.2 Å². The Morgan fingerprint density at radius 2 is 2.00 bits per heavy atom. The van der Waals surface area contributed by atoms with Crippen molar-refractivity contribution in [2.45, 2.75) is 45.8 Å². The van der Waals surface area contributed by atoms with E-state index in [0.717, 1.165) is 24.8 Å².